The van der Waals surface area contributed by atoms with Crippen LogP contribution in [-0.4, -0.2) is 29.8 Å². The van der Waals surface area contributed by atoms with Gasteiger partial charge in [-0.2, -0.15) is 0 Å². The molecule has 24 heavy (non-hydrogen) atoms. The molecule has 4 amide bonds. The first-order valence-corrected chi connectivity index (χ1v) is 7.22. The second-order valence-electron chi connectivity index (χ2n) is 5.17. The number of benzene rings is 2. The first kappa shape index (κ1) is 15.5. The average molecular weight is 322 g/mol. The number of hydrogen-bond donors (Lipinski definition) is 1. The van der Waals surface area contributed by atoms with Gasteiger partial charge in [0.25, 0.3) is 11.8 Å². The Morgan fingerprint density at radius 1 is 0.958 bits per heavy atom. The van der Waals surface area contributed by atoms with Gasteiger partial charge in [0.2, 0.25) is 0 Å². The number of urea groups is 1. The van der Waals surface area contributed by atoms with Crippen LogP contribution in [0.4, 0.5) is 4.79 Å². The number of imide groups is 2. The Morgan fingerprint density at radius 3 is 2.42 bits per heavy atom. The quantitative estimate of drug-likeness (QED) is 0.696. The molecule has 1 saturated heterocycles. The van der Waals surface area contributed by atoms with E-state index in [1.165, 1.54) is 13.1 Å². The lowest BCUT2D eigenvalue weighted by atomic mass is 10.1. The summed E-state index contributed by atoms with van der Waals surface area (Å²) in [4.78, 5) is 36.2. The summed E-state index contributed by atoms with van der Waals surface area (Å²) in [5.41, 5.74) is 0.513. The van der Waals surface area contributed by atoms with Crippen molar-refractivity contribution in [3.63, 3.8) is 0 Å². The number of nitrogens with one attached hydrogen (secondary N) is 1. The number of nitrogens with zero attached hydrogens (tertiary/aromatic N) is 1. The van der Waals surface area contributed by atoms with Crippen LogP contribution in [0, 0.1) is 0 Å². The Kier molecular flexibility index (Phi) is 4.11. The van der Waals surface area contributed by atoms with E-state index < -0.39 is 17.8 Å². The molecule has 2 aromatic rings. The Labute approximate surface area is 138 Å². The van der Waals surface area contributed by atoms with Crippen molar-refractivity contribution >= 4 is 23.9 Å². The molecule has 0 aromatic heterocycles. The summed E-state index contributed by atoms with van der Waals surface area (Å²) in [5, 5.41) is 2.11. The minimum absolute atomic E-state index is 0.103. The molecule has 1 fully saturated rings. The highest BCUT2D eigenvalue weighted by molar-refractivity contribution is 6.30. The second kappa shape index (κ2) is 6.37. The summed E-state index contributed by atoms with van der Waals surface area (Å²) >= 11 is 0. The number of hydrogen-bond acceptors (Lipinski definition) is 4. The SMILES string of the molecule is CN1C(=O)NC(=O)/C(=C/c2cccc(Oc3ccccc3)c2)C1=O. The number of para-hydroxylation sites is 1. The summed E-state index contributed by atoms with van der Waals surface area (Å²) in [6.45, 7) is 0. The summed E-state index contributed by atoms with van der Waals surface area (Å²) in [6, 6.07) is 15.5. The third-order valence-corrected chi connectivity index (χ3v) is 3.45. The number of carbonyl (C=O) groups is 3. The van der Waals surface area contributed by atoms with E-state index in [0.29, 0.717) is 17.1 Å². The summed E-state index contributed by atoms with van der Waals surface area (Å²) < 4.78 is 5.72. The highest BCUT2D eigenvalue weighted by atomic mass is 16.5. The summed E-state index contributed by atoms with van der Waals surface area (Å²) in [6.07, 6.45) is 1.43. The molecule has 0 unspecified atom stereocenters. The van der Waals surface area contributed by atoms with Crippen molar-refractivity contribution in [1.29, 1.82) is 0 Å². The van der Waals surface area contributed by atoms with Crippen LogP contribution in [0.15, 0.2) is 60.2 Å². The zero-order valence-electron chi connectivity index (χ0n) is 12.9. The van der Waals surface area contributed by atoms with Crippen LogP contribution >= 0.6 is 0 Å². The van der Waals surface area contributed by atoms with Gasteiger partial charge < -0.3 is 4.74 Å². The Bertz CT molecular complexity index is 843. The van der Waals surface area contributed by atoms with E-state index in [1.54, 1.807) is 24.3 Å². The third kappa shape index (κ3) is 3.17. The number of ether oxygens (including phenoxy) is 1. The van der Waals surface area contributed by atoms with E-state index in [2.05, 4.69) is 5.32 Å². The van der Waals surface area contributed by atoms with Crippen molar-refractivity contribution in [2.45, 2.75) is 0 Å². The third-order valence-electron chi connectivity index (χ3n) is 3.45. The summed E-state index contributed by atoms with van der Waals surface area (Å²) in [7, 11) is 1.31. The number of rotatable bonds is 3. The highest BCUT2D eigenvalue weighted by Crippen LogP contribution is 2.23. The van der Waals surface area contributed by atoms with Crippen molar-refractivity contribution in [2.24, 2.45) is 0 Å². The molecule has 6 nitrogen and oxygen atoms in total. The van der Waals surface area contributed by atoms with Gasteiger partial charge in [-0.15, -0.1) is 0 Å². The van der Waals surface area contributed by atoms with E-state index >= 15 is 0 Å². The molecule has 0 atom stereocenters. The molecular weight excluding hydrogens is 308 g/mol. The minimum atomic E-state index is -0.733. The molecule has 0 radical (unpaired) electrons. The molecule has 0 spiro atoms. The van der Waals surface area contributed by atoms with Crippen LogP contribution < -0.4 is 10.1 Å². The predicted molar refractivity (Wildman–Crippen MR) is 87.2 cm³/mol. The van der Waals surface area contributed by atoms with Crippen molar-refractivity contribution in [3.05, 3.63) is 65.7 Å². The molecule has 2 aromatic carbocycles. The van der Waals surface area contributed by atoms with Crippen molar-refractivity contribution in [3.8, 4) is 11.5 Å². The lowest BCUT2D eigenvalue weighted by Crippen LogP contribution is -2.52. The van der Waals surface area contributed by atoms with Crippen LogP contribution in [0.2, 0.25) is 0 Å². The van der Waals surface area contributed by atoms with Crippen LogP contribution in [-0.2, 0) is 9.59 Å². The lowest BCUT2D eigenvalue weighted by Gasteiger charge is -2.22. The number of barbiturate groups is 1. The molecule has 0 saturated carbocycles. The van der Waals surface area contributed by atoms with E-state index in [0.717, 1.165) is 4.90 Å². The maximum Gasteiger partial charge on any atom is 0.331 e. The maximum atomic E-state index is 12.1. The predicted octanol–water partition coefficient (Wildman–Crippen LogP) is 2.57. The number of likely N-dealkylation sites (N-methyl/N-ethyl adjacent to an activating group) is 1. The van der Waals surface area contributed by atoms with Gasteiger partial charge >= 0.3 is 6.03 Å². The Morgan fingerprint density at radius 2 is 1.67 bits per heavy atom. The van der Waals surface area contributed by atoms with Gasteiger partial charge in [0.15, 0.2) is 0 Å². The van der Waals surface area contributed by atoms with Gasteiger partial charge in [-0.25, -0.2) is 4.79 Å². The lowest BCUT2D eigenvalue weighted by molar-refractivity contribution is -0.129. The Balaban J connectivity index is 1.87. The van der Waals surface area contributed by atoms with Crippen molar-refractivity contribution in [1.82, 2.24) is 10.2 Å². The van der Waals surface area contributed by atoms with Crippen molar-refractivity contribution < 1.29 is 19.1 Å². The topological polar surface area (TPSA) is 75.7 Å². The zero-order valence-corrected chi connectivity index (χ0v) is 12.9. The fourth-order valence-corrected chi connectivity index (χ4v) is 2.20. The monoisotopic (exact) mass is 322 g/mol. The van der Waals surface area contributed by atoms with Gasteiger partial charge in [0.05, 0.1) is 0 Å². The second-order valence-corrected chi connectivity index (χ2v) is 5.17. The number of amides is 4. The summed E-state index contributed by atoms with van der Waals surface area (Å²) in [5.74, 6) is -0.0987. The van der Waals surface area contributed by atoms with Crippen LogP contribution in [0.5, 0.6) is 11.5 Å². The van der Waals surface area contributed by atoms with E-state index in [9.17, 15) is 14.4 Å². The largest absolute Gasteiger partial charge is 0.457 e. The van der Waals surface area contributed by atoms with Gasteiger partial charge in [-0.1, -0.05) is 30.3 Å². The molecule has 1 heterocycles. The standard InChI is InChI=1S/C18H14N2O4/c1-20-17(22)15(16(21)19-18(20)23)11-12-6-5-9-14(10-12)24-13-7-3-2-4-8-13/h2-11H,1H3,(H,19,21,23)/b15-11-. The normalized spacial score (nSPS) is 16.3. The highest BCUT2D eigenvalue weighted by Gasteiger charge is 2.32. The van der Waals surface area contributed by atoms with Crippen LogP contribution in [0.3, 0.4) is 0 Å². The minimum Gasteiger partial charge on any atom is -0.457 e. The van der Waals surface area contributed by atoms with Crippen LogP contribution in [0.25, 0.3) is 6.08 Å². The molecule has 120 valence electrons. The van der Waals surface area contributed by atoms with Gasteiger partial charge in [0.1, 0.15) is 17.1 Å². The smallest absolute Gasteiger partial charge is 0.331 e. The average Bonchev–Trinajstić information content (AvgIpc) is 2.58. The zero-order chi connectivity index (χ0) is 17.1. The molecule has 1 N–H and O–H groups in total. The van der Waals surface area contributed by atoms with Gasteiger partial charge in [-0.3, -0.25) is 19.8 Å². The van der Waals surface area contributed by atoms with E-state index in [4.69, 9.17) is 4.74 Å². The molecular formula is C18H14N2O4. The van der Waals surface area contributed by atoms with E-state index in [-0.39, 0.29) is 5.57 Å². The van der Waals surface area contributed by atoms with Gasteiger partial charge in [-0.05, 0) is 35.9 Å². The molecule has 0 bridgehead atoms. The fourth-order valence-electron chi connectivity index (χ4n) is 2.20. The molecule has 6 heteroatoms. The fraction of sp³-hybridized carbons (Fsp3) is 0.0556. The Hall–Kier alpha value is -3.41. The van der Waals surface area contributed by atoms with E-state index in [1.807, 2.05) is 30.3 Å². The molecule has 0 aliphatic carbocycles. The maximum absolute atomic E-state index is 12.1. The first-order chi connectivity index (χ1) is 11.5. The molecule has 3 rings (SSSR count). The van der Waals surface area contributed by atoms with Gasteiger partial charge in [0, 0.05) is 7.05 Å². The van der Waals surface area contributed by atoms with Crippen molar-refractivity contribution in [2.75, 3.05) is 7.05 Å². The first-order valence-electron chi connectivity index (χ1n) is 7.22. The van der Waals surface area contributed by atoms with Crippen LogP contribution in [0.1, 0.15) is 5.56 Å². The number of carbonyl (C=O) groups excluding carboxylic acids is 3. The molecule has 1 aliphatic heterocycles. The molecule has 1 aliphatic rings.